The molecule has 2 aromatic carbocycles. The fourth-order valence-electron chi connectivity index (χ4n) is 3.00. The van der Waals surface area contributed by atoms with Gasteiger partial charge in [-0.2, -0.15) is 0 Å². The van der Waals surface area contributed by atoms with Crippen molar-refractivity contribution in [2.75, 3.05) is 6.54 Å². The number of fused-ring (bicyclic) bond motifs is 1. The van der Waals surface area contributed by atoms with Gasteiger partial charge in [-0.15, -0.1) is 0 Å². The fraction of sp³-hybridized carbons (Fsp3) is 0.333. The number of hydrogen-bond donors (Lipinski definition) is 1. The summed E-state index contributed by atoms with van der Waals surface area (Å²) >= 11 is 0. The smallest absolute Gasteiger partial charge is 0.131 e. The van der Waals surface area contributed by atoms with E-state index < -0.39 is 0 Å². The molecule has 0 radical (unpaired) electrons. The van der Waals surface area contributed by atoms with Crippen LogP contribution in [0.25, 0.3) is 11.1 Å². The van der Waals surface area contributed by atoms with Gasteiger partial charge in [0.25, 0.3) is 0 Å². The lowest BCUT2D eigenvalue weighted by Gasteiger charge is -2.27. The molecular weight excluding hydrogens is 265 g/mol. The molecule has 110 valence electrons. The molecular formula is C18H20FNO. The third-order valence-corrected chi connectivity index (χ3v) is 4.09. The summed E-state index contributed by atoms with van der Waals surface area (Å²) < 4.78 is 20.0. The Hall–Kier alpha value is -1.87. The fourth-order valence-corrected chi connectivity index (χ4v) is 3.00. The Balaban J connectivity index is 2.16. The van der Waals surface area contributed by atoms with Gasteiger partial charge < -0.3 is 10.5 Å². The highest BCUT2D eigenvalue weighted by molar-refractivity contribution is 5.75. The molecule has 0 saturated carbocycles. The van der Waals surface area contributed by atoms with Crippen molar-refractivity contribution in [2.45, 2.75) is 32.8 Å². The van der Waals surface area contributed by atoms with Gasteiger partial charge in [0.2, 0.25) is 0 Å². The molecule has 3 heteroatoms. The van der Waals surface area contributed by atoms with Crippen molar-refractivity contribution in [2.24, 2.45) is 5.73 Å². The summed E-state index contributed by atoms with van der Waals surface area (Å²) in [5, 5.41) is 0. The minimum atomic E-state index is -0.210. The zero-order valence-corrected chi connectivity index (χ0v) is 12.4. The molecule has 2 nitrogen and oxygen atoms in total. The van der Waals surface area contributed by atoms with E-state index in [0.29, 0.717) is 6.54 Å². The van der Waals surface area contributed by atoms with Crippen LogP contribution in [-0.2, 0) is 6.42 Å². The third kappa shape index (κ3) is 2.66. The van der Waals surface area contributed by atoms with Crippen LogP contribution in [0.3, 0.4) is 0 Å². The predicted molar refractivity (Wildman–Crippen MR) is 83.1 cm³/mol. The number of halogens is 1. The molecule has 0 unspecified atom stereocenters. The summed E-state index contributed by atoms with van der Waals surface area (Å²) in [5.41, 5.74) is 10.8. The number of aryl methyl sites for hydroxylation is 3. The normalized spacial score (nSPS) is 17.2. The molecule has 3 rings (SSSR count). The number of rotatable bonds is 2. The van der Waals surface area contributed by atoms with Crippen molar-refractivity contribution in [1.82, 2.24) is 0 Å². The molecule has 0 bridgehead atoms. The first-order chi connectivity index (χ1) is 10.1. The topological polar surface area (TPSA) is 35.2 Å². The van der Waals surface area contributed by atoms with Crippen LogP contribution >= 0.6 is 0 Å². The molecule has 1 aliphatic rings. The average molecular weight is 285 g/mol. The SMILES string of the molecule is Cc1ccc(-c2cc(F)cc3c2O[C@@H](CN)CC3)c(C)c1. The molecule has 21 heavy (non-hydrogen) atoms. The van der Waals surface area contributed by atoms with Gasteiger partial charge in [0.05, 0.1) is 0 Å². The molecule has 1 aliphatic heterocycles. The maximum atomic E-state index is 14.0. The Morgan fingerprint density at radius 3 is 2.71 bits per heavy atom. The number of nitrogens with two attached hydrogens (primary N) is 1. The van der Waals surface area contributed by atoms with Gasteiger partial charge in [-0.3, -0.25) is 0 Å². The first-order valence-corrected chi connectivity index (χ1v) is 7.35. The maximum absolute atomic E-state index is 14.0. The Labute approximate surface area is 124 Å². The molecule has 1 heterocycles. The van der Waals surface area contributed by atoms with E-state index in [9.17, 15) is 4.39 Å². The minimum Gasteiger partial charge on any atom is -0.488 e. The van der Waals surface area contributed by atoms with Crippen LogP contribution in [0, 0.1) is 19.7 Å². The first-order valence-electron chi connectivity index (χ1n) is 7.35. The van der Waals surface area contributed by atoms with Gasteiger partial charge in [0.15, 0.2) is 0 Å². The van der Waals surface area contributed by atoms with E-state index in [0.717, 1.165) is 40.8 Å². The predicted octanol–water partition coefficient (Wildman–Crippen LogP) is 3.76. The van der Waals surface area contributed by atoms with E-state index in [2.05, 4.69) is 13.0 Å². The molecule has 2 N–H and O–H groups in total. The molecule has 0 aromatic heterocycles. The standard InChI is InChI=1S/C18H20FNO/c1-11-3-6-16(12(2)7-11)17-9-14(19)8-13-4-5-15(10-20)21-18(13)17/h3,6-9,15H,4-5,10,20H2,1-2H3/t15-/m1/s1. The van der Waals surface area contributed by atoms with Crippen LogP contribution in [-0.4, -0.2) is 12.6 Å². The van der Waals surface area contributed by atoms with Crippen molar-refractivity contribution in [1.29, 1.82) is 0 Å². The monoisotopic (exact) mass is 285 g/mol. The summed E-state index contributed by atoms with van der Waals surface area (Å²) in [6, 6.07) is 9.33. The van der Waals surface area contributed by atoms with Crippen molar-refractivity contribution < 1.29 is 9.13 Å². The van der Waals surface area contributed by atoms with Gasteiger partial charge in [0.1, 0.15) is 17.7 Å². The Morgan fingerprint density at radius 2 is 2.00 bits per heavy atom. The molecule has 1 atom stereocenters. The Kier molecular flexibility index (Phi) is 3.68. The molecule has 0 fully saturated rings. The van der Waals surface area contributed by atoms with Crippen LogP contribution in [0.1, 0.15) is 23.1 Å². The summed E-state index contributed by atoms with van der Waals surface area (Å²) in [6.45, 7) is 4.59. The van der Waals surface area contributed by atoms with Crippen LogP contribution in [0.2, 0.25) is 0 Å². The van der Waals surface area contributed by atoms with E-state index >= 15 is 0 Å². The second-order valence-electron chi connectivity index (χ2n) is 5.77. The van der Waals surface area contributed by atoms with Crippen molar-refractivity contribution in [3.05, 3.63) is 52.8 Å². The Bertz CT molecular complexity index is 681. The van der Waals surface area contributed by atoms with Crippen LogP contribution in [0.15, 0.2) is 30.3 Å². The second-order valence-corrected chi connectivity index (χ2v) is 5.77. The maximum Gasteiger partial charge on any atom is 0.131 e. The van der Waals surface area contributed by atoms with E-state index in [1.165, 1.54) is 5.56 Å². The average Bonchev–Trinajstić information content (AvgIpc) is 2.46. The van der Waals surface area contributed by atoms with Crippen molar-refractivity contribution in [3.63, 3.8) is 0 Å². The van der Waals surface area contributed by atoms with Gasteiger partial charge in [0, 0.05) is 12.1 Å². The number of benzene rings is 2. The van der Waals surface area contributed by atoms with E-state index in [1.54, 1.807) is 12.1 Å². The van der Waals surface area contributed by atoms with Crippen LogP contribution in [0.4, 0.5) is 4.39 Å². The quantitative estimate of drug-likeness (QED) is 0.911. The van der Waals surface area contributed by atoms with E-state index in [-0.39, 0.29) is 11.9 Å². The molecule has 0 spiro atoms. The second kappa shape index (κ2) is 5.49. The van der Waals surface area contributed by atoms with Gasteiger partial charge in [-0.1, -0.05) is 23.8 Å². The zero-order valence-electron chi connectivity index (χ0n) is 12.4. The summed E-state index contributed by atoms with van der Waals surface area (Å²) in [7, 11) is 0. The molecule has 2 aromatic rings. The van der Waals surface area contributed by atoms with Crippen LogP contribution in [0.5, 0.6) is 5.75 Å². The highest BCUT2D eigenvalue weighted by atomic mass is 19.1. The van der Waals surface area contributed by atoms with Gasteiger partial charge in [-0.25, -0.2) is 4.39 Å². The van der Waals surface area contributed by atoms with E-state index in [1.807, 2.05) is 19.1 Å². The minimum absolute atomic E-state index is 0.0208. The van der Waals surface area contributed by atoms with Gasteiger partial charge >= 0.3 is 0 Å². The summed E-state index contributed by atoms with van der Waals surface area (Å²) in [5.74, 6) is 0.587. The Morgan fingerprint density at radius 1 is 1.19 bits per heavy atom. The molecule has 0 amide bonds. The molecule has 0 saturated heterocycles. The van der Waals surface area contributed by atoms with E-state index in [4.69, 9.17) is 10.5 Å². The van der Waals surface area contributed by atoms with Gasteiger partial charge in [-0.05, 0) is 55.5 Å². The number of hydrogen-bond acceptors (Lipinski definition) is 2. The summed E-state index contributed by atoms with van der Waals surface area (Å²) in [4.78, 5) is 0. The lowest BCUT2D eigenvalue weighted by molar-refractivity contribution is 0.182. The highest BCUT2D eigenvalue weighted by Crippen LogP contribution is 2.39. The van der Waals surface area contributed by atoms with Crippen LogP contribution < -0.4 is 10.5 Å². The largest absolute Gasteiger partial charge is 0.488 e. The first kappa shape index (κ1) is 14.1. The summed E-state index contributed by atoms with van der Waals surface area (Å²) in [6.07, 6.45) is 1.68. The number of ether oxygens (including phenoxy) is 1. The highest BCUT2D eigenvalue weighted by Gasteiger charge is 2.23. The zero-order chi connectivity index (χ0) is 15.0. The molecule has 0 aliphatic carbocycles. The third-order valence-electron chi connectivity index (χ3n) is 4.09. The lowest BCUT2D eigenvalue weighted by atomic mass is 9.92. The van der Waals surface area contributed by atoms with Crippen molar-refractivity contribution >= 4 is 0 Å². The lowest BCUT2D eigenvalue weighted by Crippen LogP contribution is -2.30. The van der Waals surface area contributed by atoms with Crippen molar-refractivity contribution in [3.8, 4) is 16.9 Å².